The number of hydrogen-bond acceptors (Lipinski definition) is 3. The Morgan fingerprint density at radius 1 is 1.12 bits per heavy atom. The van der Waals surface area contributed by atoms with E-state index in [1.54, 1.807) is 11.3 Å². The van der Waals surface area contributed by atoms with Crippen LogP contribution in [0, 0.1) is 0 Å². The highest BCUT2D eigenvalue weighted by molar-refractivity contribution is 7.10. The van der Waals surface area contributed by atoms with Gasteiger partial charge in [-0.3, -0.25) is 9.59 Å². The molecule has 4 nitrogen and oxygen atoms in total. The van der Waals surface area contributed by atoms with Gasteiger partial charge in [-0.2, -0.15) is 0 Å². The number of thiophene rings is 1. The molecule has 2 aromatic rings. The summed E-state index contributed by atoms with van der Waals surface area (Å²) >= 11 is 1.64. The Morgan fingerprint density at radius 2 is 1.92 bits per heavy atom. The molecular weight excluding hydrogens is 332 g/mol. The average Bonchev–Trinajstić information content (AvgIpc) is 3.29. The molecule has 1 aromatic heterocycles. The molecule has 2 N–H and O–H groups in total. The molecule has 1 heterocycles. The van der Waals surface area contributed by atoms with Crippen molar-refractivity contribution in [2.24, 2.45) is 0 Å². The van der Waals surface area contributed by atoms with E-state index < -0.39 is 0 Å². The van der Waals surface area contributed by atoms with Gasteiger partial charge in [0.25, 0.3) is 0 Å². The van der Waals surface area contributed by atoms with Gasteiger partial charge in [-0.05, 0) is 60.4 Å². The number of carbonyl (C=O) groups excluding carboxylic acids is 2. The van der Waals surface area contributed by atoms with Gasteiger partial charge in [-0.1, -0.05) is 19.1 Å². The number of anilines is 1. The van der Waals surface area contributed by atoms with Gasteiger partial charge in [-0.15, -0.1) is 11.3 Å². The summed E-state index contributed by atoms with van der Waals surface area (Å²) in [6.45, 7) is 2.05. The van der Waals surface area contributed by atoms with Gasteiger partial charge in [-0.25, -0.2) is 0 Å². The molecule has 25 heavy (non-hydrogen) atoms. The minimum absolute atomic E-state index is 0.0345. The molecule has 0 saturated carbocycles. The van der Waals surface area contributed by atoms with Crippen LogP contribution in [0.25, 0.3) is 0 Å². The second-order valence-corrected chi connectivity index (χ2v) is 7.41. The lowest BCUT2D eigenvalue weighted by molar-refractivity contribution is -0.124. The van der Waals surface area contributed by atoms with Crippen molar-refractivity contribution in [1.29, 1.82) is 0 Å². The third-order valence-corrected chi connectivity index (χ3v) is 5.58. The highest BCUT2D eigenvalue weighted by atomic mass is 32.1. The van der Waals surface area contributed by atoms with E-state index in [2.05, 4.69) is 22.8 Å². The maximum atomic E-state index is 12.1. The zero-order chi connectivity index (χ0) is 17.6. The fraction of sp³-hybridized carbons (Fsp3) is 0.400. The molecule has 1 atom stereocenters. The van der Waals surface area contributed by atoms with E-state index in [1.165, 1.54) is 17.5 Å². The molecule has 1 aromatic carbocycles. The predicted molar refractivity (Wildman–Crippen MR) is 102 cm³/mol. The quantitative estimate of drug-likeness (QED) is 0.780. The highest BCUT2D eigenvalue weighted by Crippen LogP contribution is 2.25. The summed E-state index contributed by atoms with van der Waals surface area (Å²) in [6, 6.07) is 10.2. The molecule has 0 saturated heterocycles. The molecule has 0 bridgehead atoms. The van der Waals surface area contributed by atoms with E-state index >= 15 is 0 Å². The van der Waals surface area contributed by atoms with Crippen LogP contribution in [0.15, 0.2) is 35.7 Å². The number of benzene rings is 1. The molecule has 5 heteroatoms. The van der Waals surface area contributed by atoms with Crippen LogP contribution in [-0.4, -0.2) is 11.8 Å². The van der Waals surface area contributed by atoms with Crippen molar-refractivity contribution >= 4 is 28.8 Å². The second-order valence-electron chi connectivity index (χ2n) is 6.43. The third kappa shape index (κ3) is 4.69. The van der Waals surface area contributed by atoms with Crippen molar-refractivity contribution in [3.05, 3.63) is 51.7 Å². The molecule has 1 aliphatic rings. The number of rotatable bonds is 7. The van der Waals surface area contributed by atoms with Gasteiger partial charge < -0.3 is 10.6 Å². The van der Waals surface area contributed by atoms with Crippen LogP contribution in [0.5, 0.6) is 0 Å². The number of amides is 2. The molecular formula is C20H24N2O2S. The standard InChI is InChI=1S/C20H24N2O2S/c1-2-17(18-7-4-12-25-18)22-20(24)11-10-19(23)21-16-9-8-14-5-3-6-15(14)13-16/h4,7-9,12-13,17H,2-3,5-6,10-11H2,1H3,(H,21,23)(H,22,24)/t17-/m1/s1. The van der Waals surface area contributed by atoms with Crippen molar-refractivity contribution in [3.63, 3.8) is 0 Å². The van der Waals surface area contributed by atoms with Gasteiger partial charge in [0.2, 0.25) is 11.8 Å². The minimum atomic E-state index is -0.114. The zero-order valence-electron chi connectivity index (χ0n) is 14.5. The van der Waals surface area contributed by atoms with Crippen LogP contribution in [-0.2, 0) is 22.4 Å². The van der Waals surface area contributed by atoms with Crippen LogP contribution >= 0.6 is 11.3 Å². The van der Waals surface area contributed by atoms with E-state index in [1.807, 2.05) is 30.5 Å². The number of carbonyl (C=O) groups is 2. The summed E-state index contributed by atoms with van der Waals surface area (Å²) in [7, 11) is 0. The summed E-state index contributed by atoms with van der Waals surface area (Å²) < 4.78 is 0. The molecule has 0 unspecified atom stereocenters. The first-order valence-corrected chi connectivity index (χ1v) is 9.78. The first-order valence-electron chi connectivity index (χ1n) is 8.90. The topological polar surface area (TPSA) is 58.2 Å². The molecule has 0 fully saturated rings. The third-order valence-electron chi connectivity index (χ3n) is 4.59. The first kappa shape index (κ1) is 17.7. The smallest absolute Gasteiger partial charge is 0.224 e. The highest BCUT2D eigenvalue weighted by Gasteiger charge is 2.15. The van der Waals surface area contributed by atoms with E-state index in [0.717, 1.165) is 29.8 Å². The molecule has 132 valence electrons. The Morgan fingerprint density at radius 3 is 2.68 bits per heavy atom. The Labute approximate surface area is 152 Å². The molecule has 1 aliphatic carbocycles. The fourth-order valence-electron chi connectivity index (χ4n) is 3.23. The van der Waals surface area contributed by atoms with Crippen molar-refractivity contribution in [1.82, 2.24) is 5.32 Å². The van der Waals surface area contributed by atoms with Crippen LogP contribution < -0.4 is 10.6 Å². The molecule has 2 amide bonds. The molecule has 0 aliphatic heterocycles. The van der Waals surface area contributed by atoms with E-state index in [9.17, 15) is 9.59 Å². The lowest BCUT2D eigenvalue weighted by atomic mass is 10.1. The van der Waals surface area contributed by atoms with Gasteiger partial charge in [0, 0.05) is 23.4 Å². The van der Waals surface area contributed by atoms with Gasteiger partial charge in [0.05, 0.1) is 6.04 Å². The Kier molecular flexibility index (Phi) is 5.87. The molecule has 0 radical (unpaired) electrons. The van der Waals surface area contributed by atoms with Crippen molar-refractivity contribution < 1.29 is 9.59 Å². The Balaban J connectivity index is 1.46. The van der Waals surface area contributed by atoms with Crippen LogP contribution in [0.2, 0.25) is 0 Å². The van der Waals surface area contributed by atoms with E-state index in [-0.39, 0.29) is 30.7 Å². The average molecular weight is 356 g/mol. The van der Waals surface area contributed by atoms with Gasteiger partial charge in [0.15, 0.2) is 0 Å². The Hall–Kier alpha value is -2.14. The monoisotopic (exact) mass is 356 g/mol. The largest absolute Gasteiger partial charge is 0.348 e. The molecule has 0 spiro atoms. The van der Waals surface area contributed by atoms with Gasteiger partial charge >= 0.3 is 0 Å². The first-order chi connectivity index (χ1) is 12.2. The number of fused-ring (bicyclic) bond motifs is 1. The SMILES string of the molecule is CC[C@@H](NC(=O)CCC(=O)Nc1ccc2c(c1)CCC2)c1cccs1. The fourth-order valence-corrected chi connectivity index (χ4v) is 4.09. The molecule has 3 rings (SSSR count). The summed E-state index contributed by atoms with van der Waals surface area (Å²) in [5.41, 5.74) is 3.55. The maximum absolute atomic E-state index is 12.1. The minimum Gasteiger partial charge on any atom is -0.348 e. The second kappa shape index (κ2) is 8.30. The number of nitrogens with one attached hydrogen (secondary N) is 2. The van der Waals surface area contributed by atoms with Crippen LogP contribution in [0.1, 0.15) is 54.7 Å². The van der Waals surface area contributed by atoms with E-state index in [4.69, 9.17) is 0 Å². The number of aryl methyl sites for hydroxylation is 2. The van der Waals surface area contributed by atoms with Crippen LogP contribution in [0.4, 0.5) is 5.69 Å². The Bertz CT molecular complexity index is 740. The van der Waals surface area contributed by atoms with E-state index in [0.29, 0.717) is 0 Å². The maximum Gasteiger partial charge on any atom is 0.224 e. The summed E-state index contributed by atoms with van der Waals surface area (Å²) in [6.07, 6.45) is 4.65. The summed E-state index contributed by atoms with van der Waals surface area (Å²) in [5.74, 6) is -0.193. The summed E-state index contributed by atoms with van der Waals surface area (Å²) in [5, 5.41) is 7.93. The number of hydrogen-bond donors (Lipinski definition) is 2. The van der Waals surface area contributed by atoms with Crippen molar-refractivity contribution in [2.45, 2.75) is 51.5 Å². The lowest BCUT2D eigenvalue weighted by Gasteiger charge is -2.15. The predicted octanol–water partition coefficient (Wildman–Crippen LogP) is 4.22. The van der Waals surface area contributed by atoms with Crippen LogP contribution in [0.3, 0.4) is 0 Å². The lowest BCUT2D eigenvalue weighted by Crippen LogP contribution is -2.28. The van der Waals surface area contributed by atoms with Crippen molar-refractivity contribution in [3.8, 4) is 0 Å². The zero-order valence-corrected chi connectivity index (χ0v) is 15.3. The van der Waals surface area contributed by atoms with Crippen molar-refractivity contribution in [2.75, 3.05) is 5.32 Å². The summed E-state index contributed by atoms with van der Waals surface area (Å²) in [4.78, 5) is 25.4. The normalized spacial score (nSPS) is 14.0. The van der Waals surface area contributed by atoms with Gasteiger partial charge in [0.1, 0.15) is 0 Å².